The SMILES string of the molecule is OCC1CCCCN1c1c(F)c(F)nc(F)c1F. The Hall–Kier alpha value is -1.37. The number of aromatic nitrogens is 1. The van der Waals surface area contributed by atoms with Crippen LogP contribution in [-0.4, -0.2) is 29.3 Å². The Morgan fingerprint density at radius 3 is 2.28 bits per heavy atom. The quantitative estimate of drug-likeness (QED) is 0.655. The molecule has 2 heterocycles. The van der Waals surface area contributed by atoms with Gasteiger partial charge in [-0.2, -0.15) is 22.5 Å². The summed E-state index contributed by atoms with van der Waals surface area (Å²) in [4.78, 5) is 3.68. The van der Waals surface area contributed by atoms with E-state index >= 15 is 0 Å². The molecule has 0 radical (unpaired) electrons. The summed E-state index contributed by atoms with van der Waals surface area (Å²) in [5.41, 5.74) is -0.779. The van der Waals surface area contributed by atoms with Crippen LogP contribution in [0.4, 0.5) is 23.2 Å². The van der Waals surface area contributed by atoms with Crippen LogP contribution in [0, 0.1) is 23.5 Å². The molecule has 7 heteroatoms. The molecule has 18 heavy (non-hydrogen) atoms. The van der Waals surface area contributed by atoms with Crippen molar-refractivity contribution in [3.8, 4) is 0 Å². The summed E-state index contributed by atoms with van der Waals surface area (Å²) < 4.78 is 53.2. The predicted octanol–water partition coefficient (Wildman–Crippen LogP) is 1.99. The molecule has 1 aliphatic heterocycles. The van der Waals surface area contributed by atoms with Crippen molar-refractivity contribution >= 4 is 5.69 Å². The van der Waals surface area contributed by atoms with E-state index in [1.807, 2.05) is 0 Å². The minimum atomic E-state index is -1.67. The maximum Gasteiger partial charge on any atom is 0.253 e. The first kappa shape index (κ1) is 13.1. The Bertz CT molecular complexity index is 429. The number of hydrogen-bond acceptors (Lipinski definition) is 3. The molecule has 1 saturated heterocycles. The molecule has 3 nitrogen and oxygen atoms in total. The third-order valence-corrected chi connectivity index (χ3v) is 3.10. The van der Waals surface area contributed by atoms with Crippen LogP contribution < -0.4 is 4.90 Å². The van der Waals surface area contributed by atoms with Gasteiger partial charge in [0.15, 0.2) is 0 Å². The zero-order chi connectivity index (χ0) is 13.3. The molecule has 0 bridgehead atoms. The molecule has 1 unspecified atom stereocenters. The first-order valence-corrected chi connectivity index (χ1v) is 5.63. The number of aliphatic hydroxyl groups is 1. The molecule has 1 fully saturated rings. The minimum absolute atomic E-state index is 0.238. The highest BCUT2D eigenvalue weighted by Gasteiger charge is 2.30. The van der Waals surface area contributed by atoms with E-state index in [0.717, 1.165) is 6.42 Å². The van der Waals surface area contributed by atoms with E-state index in [2.05, 4.69) is 4.98 Å². The van der Waals surface area contributed by atoms with E-state index in [0.29, 0.717) is 12.8 Å². The first-order valence-electron chi connectivity index (χ1n) is 5.63. The predicted molar refractivity (Wildman–Crippen MR) is 56.1 cm³/mol. The van der Waals surface area contributed by atoms with Crippen LogP contribution in [-0.2, 0) is 0 Å². The molecular formula is C11H12F4N2O. The van der Waals surface area contributed by atoms with Crippen molar-refractivity contribution in [2.75, 3.05) is 18.1 Å². The number of halogens is 4. The molecule has 1 aliphatic rings. The largest absolute Gasteiger partial charge is 0.394 e. The summed E-state index contributed by atoms with van der Waals surface area (Å²) in [6.07, 6.45) is 1.95. The Labute approximate surface area is 101 Å². The summed E-state index contributed by atoms with van der Waals surface area (Å²) in [6.45, 7) is -0.0909. The highest BCUT2D eigenvalue weighted by Crippen LogP contribution is 2.31. The van der Waals surface area contributed by atoms with Crippen LogP contribution in [0.5, 0.6) is 0 Å². The van der Waals surface area contributed by atoms with Gasteiger partial charge in [-0.25, -0.2) is 0 Å². The second-order valence-electron chi connectivity index (χ2n) is 4.20. The van der Waals surface area contributed by atoms with E-state index in [1.165, 1.54) is 4.90 Å². The highest BCUT2D eigenvalue weighted by molar-refractivity contribution is 5.50. The van der Waals surface area contributed by atoms with Gasteiger partial charge in [0.05, 0.1) is 12.6 Å². The first-order chi connectivity index (χ1) is 8.56. The Morgan fingerprint density at radius 1 is 1.11 bits per heavy atom. The van der Waals surface area contributed by atoms with Gasteiger partial charge in [-0.05, 0) is 19.3 Å². The van der Waals surface area contributed by atoms with Gasteiger partial charge in [-0.15, -0.1) is 0 Å². The molecule has 0 aromatic carbocycles. The highest BCUT2D eigenvalue weighted by atomic mass is 19.2. The lowest BCUT2D eigenvalue weighted by Gasteiger charge is -2.36. The van der Waals surface area contributed by atoms with E-state index in [-0.39, 0.29) is 13.2 Å². The number of piperidine rings is 1. The number of hydrogen-bond donors (Lipinski definition) is 1. The normalized spacial score (nSPS) is 20.3. The van der Waals surface area contributed by atoms with Gasteiger partial charge in [0.2, 0.25) is 11.6 Å². The van der Waals surface area contributed by atoms with Crippen molar-refractivity contribution in [3.63, 3.8) is 0 Å². The Balaban J connectivity index is 2.48. The molecule has 0 aliphatic carbocycles. The molecule has 1 atom stereocenters. The van der Waals surface area contributed by atoms with Gasteiger partial charge in [-0.1, -0.05) is 0 Å². The smallest absolute Gasteiger partial charge is 0.253 e. The monoisotopic (exact) mass is 264 g/mol. The van der Waals surface area contributed by atoms with E-state index in [9.17, 15) is 17.6 Å². The summed E-state index contributed by atoms with van der Waals surface area (Å²) in [7, 11) is 0. The second-order valence-corrected chi connectivity index (χ2v) is 4.20. The maximum atomic E-state index is 13.6. The van der Waals surface area contributed by atoms with E-state index in [4.69, 9.17) is 5.11 Å². The van der Waals surface area contributed by atoms with Gasteiger partial charge < -0.3 is 10.0 Å². The van der Waals surface area contributed by atoms with Gasteiger partial charge in [0.1, 0.15) is 5.69 Å². The average molecular weight is 264 g/mol. The lowest BCUT2D eigenvalue weighted by atomic mass is 10.0. The fourth-order valence-electron chi connectivity index (χ4n) is 2.21. The van der Waals surface area contributed by atoms with Crippen molar-refractivity contribution < 1.29 is 22.7 Å². The summed E-state index contributed by atoms with van der Waals surface area (Å²) >= 11 is 0. The molecular weight excluding hydrogens is 252 g/mol. The number of aliphatic hydroxyl groups excluding tert-OH is 1. The van der Waals surface area contributed by atoms with Crippen molar-refractivity contribution in [2.24, 2.45) is 0 Å². The zero-order valence-electron chi connectivity index (χ0n) is 9.47. The number of pyridine rings is 1. The fourth-order valence-corrected chi connectivity index (χ4v) is 2.21. The van der Waals surface area contributed by atoms with Gasteiger partial charge in [-0.3, -0.25) is 0 Å². The molecule has 0 amide bonds. The topological polar surface area (TPSA) is 36.4 Å². The summed E-state index contributed by atoms with van der Waals surface area (Å²) in [5.74, 6) is -6.39. The van der Waals surface area contributed by atoms with Gasteiger partial charge in [0, 0.05) is 6.54 Å². The lowest BCUT2D eigenvalue weighted by molar-refractivity contribution is 0.237. The van der Waals surface area contributed by atoms with Crippen molar-refractivity contribution in [2.45, 2.75) is 25.3 Å². The maximum absolute atomic E-state index is 13.6. The number of rotatable bonds is 2. The van der Waals surface area contributed by atoms with Crippen LogP contribution >= 0.6 is 0 Å². The third kappa shape index (κ3) is 2.14. The Morgan fingerprint density at radius 2 is 1.72 bits per heavy atom. The zero-order valence-corrected chi connectivity index (χ0v) is 9.47. The molecule has 100 valence electrons. The van der Waals surface area contributed by atoms with Crippen LogP contribution in [0.1, 0.15) is 19.3 Å². The van der Waals surface area contributed by atoms with Gasteiger partial charge >= 0.3 is 0 Å². The molecule has 0 saturated carbocycles. The second kappa shape index (κ2) is 5.09. The van der Waals surface area contributed by atoms with Crippen molar-refractivity contribution in [1.29, 1.82) is 0 Å². The molecule has 0 spiro atoms. The fraction of sp³-hybridized carbons (Fsp3) is 0.545. The van der Waals surface area contributed by atoms with Crippen LogP contribution in [0.3, 0.4) is 0 Å². The van der Waals surface area contributed by atoms with Gasteiger partial charge in [0.25, 0.3) is 11.9 Å². The lowest BCUT2D eigenvalue weighted by Crippen LogP contribution is -2.43. The van der Waals surface area contributed by atoms with E-state index in [1.54, 1.807) is 0 Å². The van der Waals surface area contributed by atoms with Crippen molar-refractivity contribution in [3.05, 3.63) is 23.5 Å². The molecule has 1 aromatic heterocycles. The number of anilines is 1. The van der Waals surface area contributed by atoms with Crippen LogP contribution in [0.2, 0.25) is 0 Å². The van der Waals surface area contributed by atoms with Crippen molar-refractivity contribution in [1.82, 2.24) is 4.98 Å². The minimum Gasteiger partial charge on any atom is -0.394 e. The molecule has 2 rings (SSSR count). The molecule has 1 N–H and O–H groups in total. The summed E-state index contributed by atoms with van der Waals surface area (Å²) in [5, 5.41) is 9.15. The Kier molecular flexibility index (Phi) is 3.70. The third-order valence-electron chi connectivity index (χ3n) is 3.10. The average Bonchev–Trinajstić information content (AvgIpc) is 2.37. The van der Waals surface area contributed by atoms with Crippen LogP contribution in [0.15, 0.2) is 0 Å². The van der Waals surface area contributed by atoms with E-state index < -0.39 is 35.3 Å². The standard InChI is InChI=1S/C11H12F4N2O/c12-7-9(8(13)11(15)16-10(7)14)17-4-2-1-3-6(17)5-18/h6,18H,1-5H2. The number of nitrogens with zero attached hydrogens (tertiary/aromatic N) is 2. The molecule has 1 aromatic rings. The van der Waals surface area contributed by atoms with Crippen LogP contribution in [0.25, 0.3) is 0 Å². The summed E-state index contributed by atoms with van der Waals surface area (Å²) in [6, 6.07) is -0.538.